The number of aliphatic hydroxyl groups is 1. The third-order valence-electron chi connectivity index (χ3n) is 7.09. The number of β-amino-alcohol motifs (C(OH)–C–C–N with tert-alkyl or cyclic N) is 1. The molecular formula is C25H32N2O2S. The van der Waals surface area contributed by atoms with E-state index in [1.165, 1.54) is 28.9 Å². The Morgan fingerprint density at radius 2 is 1.87 bits per heavy atom. The lowest BCUT2D eigenvalue weighted by molar-refractivity contribution is -0.124. The molecule has 1 N–H and O–H groups in total. The van der Waals surface area contributed by atoms with Crippen molar-refractivity contribution in [3.8, 4) is 17.0 Å². The van der Waals surface area contributed by atoms with Gasteiger partial charge in [0.05, 0.1) is 17.5 Å². The Balaban J connectivity index is 1.23. The van der Waals surface area contributed by atoms with Crippen molar-refractivity contribution in [1.29, 1.82) is 0 Å². The second kappa shape index (κ2) is 7.25. The van der Waals surface area contributed by atoms with Gasteiger partial charge in [-0.15, -0.1) is 11.8 Å². The number of hydrogen-bond donors (Lipinski definition) is 1. The molecule has 5 rings (SSSR count). The summed E-state index contributed by atoms with van der Waals surface area (Å²) in [4.78, 5) is 8.38. The lowest BCUT2D eigenvalue weighted by atomic mass is 9.54. The van der Waals surface area contributed by atoms with E-state index >= 15 is 0 Å². The first-order valence-electron chi connectivity index (χ1n) is 11.0. The molecule has 4 nitrogen and oxygen atoms in total. The highest BCUT2D eigenvalue weighted by Gasteiger charge is 2.59. The molecule has 1 saturated carbocycles. The van der Waals surface area contributed by atoms with Crippen LogP contribution in [-0.4, -0.2) is 52.1 Å². The molecular weight excluding hydrogens is 392 g/mol. The van der Waals surface area contributed by atoms with E-state index in [1.807, 2.05) is 20.0 Å². The molecule has 0 bridgehead atoms. The molecule has 1 saturated heterocycles. The molecule has 0 unspecified atom stereocenters. The van der Waals surface area contributed by atoms with Crippen LogP contribution in [0, 0.1) is 5.41 Å². The van der Waals surface area contributed by atoms with Gasteiger partial charge in [0.2, 0.25) is 0 Å². The Morgan fingerprint density at radius 3 is 2.50 bits per heavy atom. The predicted octanol–water partition coefficient (Wildman–Crippen LogP) is 4.79. The molecule has 160 valence electrons. The van der Waals surface area contributed by atoms with Crippen molar-refractivity contribution in [2.45, 2.75) is 62.0 Å². The third kappa shape index (κ3) is 3.88. The topological polar surface area (TPSA) is 45.6 Å². The lowest BCUT2D eigenvalue weighted by Crippen LogP contribution is -2.59. The van der Waals surface area contributed by atoms with Crippen molar-refractivity contribution >= 4 is 11.8 Å². The summed E-state index contributed by atoms with van der Waals surface area (Å²) >= 11 is 1.76. The van der Waals surface area contributed by atoms with Crippen molar-refractivity contribution in [3.63, 3.8) is 0 Å². The number of thioether (sulfide) groups is 1. The number of fused-ring (bicyclic) bond motifs is 1. The maximum absolute atomic E-state index is 10.1. The van der Waals surface area contributed by atoms with Crippen LogP contribution in [0.4, 0.5) is 0 Å². The fourth-order valence-corrected chi connectivity index (χ4v) is 6.26. The van der Waals surface area contributed by atoms with Gasteiger partial charge < -0.3 is 14.7 Å². The summed E-state index contributed by atoms with van der Waals surface area (Å²) in [5.74, 6) is 0.980. The van der Waals surface area contributed by atoms with E-state index in [-0.39, 0.29) is 5.60 Å². The van der Waals surface area contributed by atoms with Crippen LogP contribution >= 0.6 is 11.8 Å². The SMILES string of the molecule is CSc1ccc(-c2cc3c(cn2)OC2(C3)CC3(CCN(CC(C)(C)O)CC3)C2)cc1. The Labute approximate surface area is 184 Å². The van der Waals surface area contributed by atoms with Crippen LogP contribution in [0.15, 0.2) is 41.4 Å². The molecule has 2 aromatic rings. The van der Waals surface area contributed by atoms with Gasteiger partial charge in [0.15, 0.2) is 0 Å². The third-order valence-corrected chi connectivity index (χ3v) is 7.84. The maximum Gasteiger partial charge on any atom is 0.141 e. The van der Waals surface area contributed by atoms with Gasteiger partial charge in [-0.05, 0) is 82.5 Å². The highest BCUT2D eigenvalue weighted by Crippen LogP contribution is 2.60. The molecule has 1 aromatic carbocycles. The quantitative estimate of drug-likeness (QED) is 0.715. The Morgan fingerprint density at radius 1 is 1.17 bits per heavy atom. The van der Waals surface area contributed by atoms with Crippen LogP contribution in [0.1, 0.15) is 45.1 Å². The minimum absolute atomic E-state index is 0.0102. The number of hydrogen-bond acceptors (Lipinski definition) is 5. The molecule has 30 heavy (non-hydrogen) atoms. The standard InChI is InChI=1S/C25H32N2O2S/c1-23(2,28)17-27-10-8-24(9-11-27)15-25(16-24)13-19-12-21(26-14-22(19)29-25)18-4-6-20(30-3)7-5-18/h4-7,12,14,28H,8-11,13,15-17H2,1-3H3. The van der Waals surface area contributed by atoms with Crippen LogP contribution in [0.5, 0.6) is 5.75 Å². The molecule has 2 spiro atoms. The van der Waals surface area contributed by atoms with E-state index in [0.29, 0.717) is 5.41 Å². The summed E-state index contributed by atoms with van der Waals surface area (Å²) < 4.78 is 6.47. The largest absolute Gasteiger partial charge is 0.485 e. The van der Waals surface area contributed by atoms with Crippen LogP contribution in [0.25, 0.3) is 11.3 Å². The molecule has 2 fully saturated rings. The Bertz CT molecular complexity index is 919. The van der Waals surface area contributed by atoms with E-state index in [4.69, 9.17) is 4.74 Å². The van der Waals surface area contributed by atoms with Crippen LogP contribution < -0.4 is 4.74 Å². The molecule has 0 atom stereocenters. The number of piperidine rings is 1. The highest BCUT2D eigenvalue weighted by molar-refractivity contribution is 7.98. The fourth-order valence-electron chi connectivity index (χ4n) is 5.85. The molecule has 3 aliphatic rings. The molecule has 2 aliphatic heterocycles. The Hall–Kier alpha value is -1.56. The average Bonchev–Trinajstić information content (AvgIpc) is 3.06. The second-order valence-electron chi connectivity index (χ2n) is 10.3. The molecule has 1 aromatic heterocycles. The van der Waals surface area contributed by atoms with E-state index in [9.17, 15) is 5.11 Å². The normalized spacial score (nSPS) is 22.0. The van der Waals surface area contributed by atoms with E-state index in [0.717, 1.165) is 50.3 Å². The average molecular weight is 425 g/mol. The number of benzene rings is 1. The summed E-state index contributed by atoms with van der Waals surface area (Å²) in [5.41, 5.74) is 3.33. The van der Waals surface area contributed by atoms with Gasteiger partial charge in [-0.1, -0.05) is 12.1 Å². The van der Waals surface area contributed by atoms with Gasteiger partial charge in [-0.2, -0.15) is 0 Å². The summed E-state index contributed by atoms with van der Waals surface area (Å²) in [6.45, 7) is 6.75. The lowest BCUT2D eigenvalue weighted by Gasteiger charge is -2.57. The number of rotatable bonds is 4. The first-order chi connectivity index (χ1) is 14.3. The van der Waals surface area contributed by atoms with Crippen LogP contribution in [-0.2, 0) is 6.42 Å². The number of likely N-dealkylation sites (tertiary alicyclic amines) is 1. The van der Waals surface area contributed by atoms with Gasteiger partial charge in [-0.25, -0.2) is 0 Å². The molecule has 0 amide bonds. The summed E-state index contributed by atoms with van der Waals surface area (Å²) in [6, 6.07) is 10.9. The highest BCUT2D eigenvalue weighted by atomic mass is 32.2. The van der Waals surface area contributed by atoms with Crippen LogP contribution in [0.2, 0.25) is 0 Å². The van der Waals surface area contributed by atoms with Gasteiger partial charge in [0.1, 0.15) is 11.4 Å². The molecule has 1 aliphatic carbocycles. The zero-order valence-corrected chi connectivity index (χ0v) is 19.1. The minimum atomic E-state index is -0.609. The summed E-state index contributed by atoms with van der Waals surface area (Å²) in [6.07, 6.45) is 9.79. The molecule has 0 radical (unpaired) electrons. The van der Waals surface area contributed by atoms with Crippen LogP contribution in [0.3, 0.4) is 0 Å². The zero-order chi connectivity index (χ0) is 21.0. The van der Waals surface area contributed by atoms with Crippen molar-refractivity contribution < 1.29 is 9.84 Å². The first kappa shape index (κ1) is 20.3. The van der Waals surface area contributed by atoms with Crippen molar-refractivity contribution in [1.82, 2.24) is 9.88 Å². The zero-order valence-electron chi connectivity index (χ0n) is 18.3. The smallest absolute Gasteiger partial charge is 0.141 e. The van der Waals surface area contributed by atoms with Crippen molar-refractivity contribution in [2.75, 3.05) is 25.9 Å². The first-order valence-corrected chi connectivity index (χ1v) is 12.3. The maximum atomic E-state index is 10.1. The van der Waals surface area contributed by atoms with E-state index in [2.05, 4.69) is 46.5 Å². The number of nitrogens with zero attached hydrogens (tertiary/aromatic N) is 2. The molecule has 3 heterocycles. The second-order valence-corrected chi connectivity index (χ2v) is 11.2. The van der Waals surface area contributed by atoms with Crippen molar-refractivity contribution in [2.24, 2.45) is 5.41 Å². The van der Waals surface area contributed by atoms with Gasteiger partial charge in [0, 0.05) is 29.0 Å². The number of aromatic nitrogens is 1. The van der Waals surface area contributed by atoms with Gasteiger partial charge in [0.25, 0.3) is 0 Å². The fraction of sp³-hybridized carbons (Fsp3) is 0.560. The monoisotopic (exact) mass is 424 g/mol. The van der Waals surface area contributed by atoms with E-state index < -0.39 is 5.60 Å². The predicted molar refractivity (Wildman–Crippen MR) is 122 cm³/mol. The minimum Gasteiger partial charge on any atom is -0.485 e. The van der Waals surface area contributed by atoms with E-state index in [1.54, 1.807) is 11.8 Å². The number of ether oxygens (including phenoxy) is 1. The number of pyridine rings is 1. The van der Waals surface area contributed by atoms with Gasteiger partial charge >= 0.3 is 0 Å². The van der Waals surface area contributed by atoms with Crippen molar-refractivity contribution in [3.05, 3.63) is 42.1 Å². The Kier molecular flexibility index (Phi) is 4.92. The summed E-state index contributed by atoms with van der Waals surface area (Å²) in [7, 11) is 0. The molecule has 5 heteroatoms. The van der Waals surface area contributed by atoms with Gasteiger partial charge in [-0.3, -0.25) is 4.98 Å². The summed E-state index contributed by atoms with van der Waals surface area (Å²) in [5, 5.41) is 10.1.